The average molecular weight is 223 g/mol. The van der Waals surface area contributed by atoms with Gasteiger partial charge in [-0.15, -0.1) is 0 Å². The maximum atomic E-state index is 6.26. The van der Waals surface area contributed by atoms with Crippen LogP contribution in [-0.2, 0) is 6.42 Å². The molecule has 2 aliphatic rings. The Bertz CT molecular complexity index is 391. The Morgan fingerprint density at radius 2 is 2.20 bits per heavy atom. The van der Waals surface area contributed by atoms with Crippen molar-refractivity contribution in [3.05, 3.63) is 28.8 Å². The van der Waals surface area contributed by atoms with Crippen molar-refractivity contribution in [1.29, 1.82) is 0 Å². The monoisotopic (exact) mass is 222 g/mol. The maximum Gasteiger partial charge on any atom is 0.0774 e. The first kappa shape index (κ1) is 9.49. The molecule has 1 aromatic carbocycles. The predicted molar refractivity (Wildman–Crippen MR) is 63.2 cm³/mol. The first-order chi connectivity index (χ1) is 7.27. The van der Waals surface area contributed by atoms with Crippen LogP contribution in [0.1, 0.15) is 24.8 Å². The molecule has 0 amide bonds. The standard InChI is InChI=1S/C12H15ClN2/c13-10-5-1-3-8-7-9-4-2-6-11(14)15(9)12(8)10/h1,3,5,9,11H,2,4,6-7,14H2. The van der Waals surface area contributed by atoms with E-state index in [1.807, 2.05) is 12.1 Å². The van der Waals surface area contributed by atoms with Gasteiger partial charge in [-0.25, -0.2) is 0 Å². The molecule has 15 heavy (non-hydrogen) atoms. The molecular weight excluding hydrogens is 208 g/mol. The average Bonchev–Trinajstić information content (AvgIpc) is 2.58. The number of nitrogens with zero attached hydrogens (tertiary/aromatic N) is 1. The van der Waals surface area contributed by atoms with Crippen LogP contribution in [0.25, 0.3) is 0 Å². The Morgan fingerprint density at radius 3 is 3.07 bits per heavy atom. The number of fused-ring (bicyclic) bond motifs is 3. The molecule has 80 valence electrons. The van der Waals surface area contributed by atoms with Crippen LogP contribution in [0.15, 0.2) is 18.2 Å². The number of hydrogen-bond donors (Lipinski definition) is 1. The smallest absolute Gasteiger partial charge is 0.0774 e. The van der Waals surface area contributed by atoms with Crippen LogP contribution in [0.5, 0.6) is 0 Å². The first-order valence-electron chi connectivity index (χ1n) is 5.58. The molecule has 0 saturated carbocycles. The van der Waals surface area contributed by atoms with Crippen molar-refractivity contribution in [3.8, 4) is 0 Å². The topological polar surface area (TPSA) is 29.3 Å². The molecule has 3 heteroatoms. The van der Waals surface area contributed by atoms with Gasteiger partial charge in [-0.2, -0.15) is 0 Å². The molecule has 0 radical (unpaired) electrons. The zero-order valence-electron chi connectivity index (χ0n) is 8.62. The predicted octanol–water partition coefficient (Wildman–Crippen LogP) is 2.54. The lowest BCUT2D eigenvalue weighted by Crippen LogP contribution is -2.49. The molecular formula is C12H15ClN2. The van der Waals surface area contributed by atoms with E-state index in [0.29, 0.717) is 6.04 Å². The number of piperidine rings is 1. The van der Waals surface area contributed by atoms with Gasteiger partial charge in [0.1, 0.15) is 0 Å². The minimum atomic E-state index is 0.157. The van der Waals surface area contributed by atoms with Gasteiger partial charge in [0.05, 0.1) is 16.9 Å². The van der Waals surface area contributed by atoms with Crippen molar-refractivity contribution in [1.82, 2.24) is 0 Å². The third-order valence-electron chi connectivity index (χ3n) is 3.57. The summed E-state index contributed by atoms with van der Waals surface area (Å²) < 4.78 is 0. The Labute approximate surface area is 95.0 Å². The summed E-state index contributed by atoms with van der Waals surface area (Å²) in [7, 11) is 0. The van der Waals surface area contributed by atoms with Crippen molar-refractivity contribution < 1.29 is 0 Å². The molecule has 1 aromatic rings. The van der Waals surface area contributed by atoms with E-state index in [1.54, 1.807) is 0 Å². The highest BCUT2D eigenvalue weighted by Gasteiger charge is 2.36. The summed E-state index contributed by atoms with van der Waals surface area (Å²) in [6, 6.07) is 6.75. The van der Waals surface area contributed by atoms with E-state index in [9.17, 15) is 0 Å². The lowest BCUT2D eigenvalue weighted by Gasteiger charge is -2.38. The van der Waals surface area contributed by atoms with Gasteiger partial charge in [-0.1, -0.05) is 23.7 Å². The van der Waals surface area contributed by atoms with Crippen molar-refractivity contribution in [2.24, 2.45) is 5.73 Å². The Kier molecular flexibility index (Phi) is 2.15. The fourth-order valence-electron chi connectivity index (χ4n) is 2.93. The summed E-state index contributed by atoms with van der Waals surface area (Å²) in [6.45, 7) is 0. The van der Waals surface area contributed by atoms with E-state index in [2.05, 4.69) is 11.0 Å². The van der Waals surface area contributed by atoms with E-state index in [1.165, 1.54) is 24.1 Å². The lowest BCUT2D eigenvalue weighted by atomic mass is 10.00. The van der Waals surface area contributed by atoms with Crippen LogP contribution in [0.3, 0.4) is 0 Å². The summed E-state index contributed by atoms with van der Waals surface area (Å²) >= 11 is 6.26. The Hall–Kier alpha value is -0.730. The highest BCUT2D eigenvalue weighted by Crippen LogP contribution is 2.42. The molecule has 0 aromatic heterocycles. The number of rotatable bonds is 0. The third-order valence-corrected chi connectivity index (χ3v) is 3.88. The van der Waals surface area contributed by atoms with E-state index in [0.717, 1.165) is 17.9 Å². The number of anilines is 1. The van der Waals surface area contributed by atoms with Gasteiger partial charge >= 0.3 is 0 Å². The number of nitrogens with two attached hydrogens (primary N) is 1. The summed E-state index contributed by atoms with van der Waals surface area (Å²) in [4.78, 5) is 2.33. The molecule has 2 atom stereocenters. The molecule has 1 saturated heterocycles. The van der Waals surface area contributed by atoms with E-state index in [-0.39, 0.29) is 6.17 Å². The third kappa shape index (κ3) is 1.35. The second-order valence-electron chi connectivity index (χ2n) is 4.51. The van der Waals surface area contributed by atoms with E-state index in [4.69, 9.17) is 17.3 Å². The lowest BCUT2D eigenvalue weighted by molar-refractivity contribution is 0.401. The maximum absolute atomic E-state index is 6.26. The molecule has 2 unspecified atom stereocenters. The summed E-state index contributed by atoms with van der Waals surface area (Å²) in [5, 5.41) is 0.854. The van der Waals surface area contributed by atoms with Crippen LogP contribution >= 0.6 is 11.6 Å². The van der Waals surface area contributed by atoms with Crippen molar-refractivity contribution in [3.63, 3.8) is 0 Å². The number of halogens is 1. The van der Waals surface area contributed by atoms with Crippen LogP contribution in [0, 0.1) is 0 Å². The van der Waals surface area contributed by atoms with Crippen LogP contribution in [0.4, 0.5) is 5.69 Å². The normalized spacial score (nSPS) is 28.8. The Balaban J connectivity index is 2.08. The van der Waals surface area contributed by atoms with Crippen LogP contribution in [-0.4, -0.2) is 12.2 Å². The molecule has 2 aliphatic heterocycles. The van der Waals surface area contributed by atoms with Crippen molar-refractivity contribution >= 4 is 17.3 Å². The highest BCUT2D eigenvalue weighted by molar-refractivity contribution is 6.33. The van der Waals surface area contributed by atoms with Crippen LogP contribution < -0.4 is 10.6 Å². The zero-order valence-corrected chi connectivity index (χ0v) is 9.37. The zero-order chi connectivity index (χ0) is 10.4. The Morgan fingerprint density at radius 1 is 1.33 bits per heavy atom. The number of benzene rings is 1. The highest BCUT2D eigenvalue weighted by atomic mass is 35.5. The molecule has 1 fully saturated rings. The molecule has 0 spiro atoms. The number of para-hydroxylation sites is 1. The largest absolute Gasteiger partial charge is 0.351 e. The van der Waals surface area contributed by atoms with Gasteiger partial charge in [0, 0.05) is 6.04 Å². The van der Waals surface area contributed by atoms with Gasteiger partial charge < -0.3 is 10.6 Å². The summed E-state index contributed by atoms with van der Waals surface area (Å²) in [5.41, 5.74) is 8.73. The van der Waals surface area contributed by atoms with Gasteiger partial charge in [0.2, 0.25) is 0 Å². The quantitative estimate of drug-likeness (QED) is 0.731. The second-order valence-corrected chi connectivity index (χ2v) is 4.92. The van der Waals surface area contributed by atoms with Gasteiger partial charge in [0.15, 0.2) is 0 Å². The summed E-state index contributed by atoms with van der Waals surface area (Å²) in [5.74, 6) is 0. The molecule has 2 N–H and O–H groups in total. The van der Waals surface area contributed by atoms with E-state index < -0.39 is 0 Å². The fourth-order valence-corrected chi connectivity index (χ4v) is 3.22. The summed E-state index contributed by atoms with van der Waals surface area (Å²) in [6.07, 6.45) is 4.85. The minimum Gasteiger partial charge on any atom is -0.351 e. The number of hydrogen-bond acceptors (Lipinski definition) is 2. The first-order valence-corrected chi connectivity index (χ1v) is 5.96. The molecule has 2 nitrogen and oxygen atoms in total. The molecule has 2 heterocycles. The van der Waals surface area contributed by atoms with Crippen molar-refractivity contribution in [2.75, 3.05) is 4.90 Å². The van der Waals surface area contributed by atoms with E-state index >= 15 is 0 Å². The van der Waals surface area contributed by atoms with Crippen molar-refractivity contribution in [2.45, 2.75) is 37.9 Å². The molecule has 0 bridgehead atoms. The minimum absolute atomic E-state index is 0.157. The van der Waals surface area contributed by atoms with Crippen LogP contribution in [0.2, 0.25) is 5.02 Å². The fraction of sp³-hybridized carbons (Fsp3) is 0.500. The SMILES string of the molecule is NC1CCCC2Cc3cccc(Cl)c3N12. The second kappa shape index (κ2) is 3.39. The van der Waals surface area contributed by atoms with Gasteiger partial charge in [-0.05, 0) is 37.3 Å². The molecule has 0 aliphatic carbocycles. The molecule has 3 rings (SSSR count). The van der Waals surface area contributed by atoms with Gasteiger partial charge in [0.25, 0.3) is 0 Å². The van der Waals surface area contributed by atoms with Gasteiger partial charge in [-0.3, -0.25) is 0 Å².